The number of aromatic nitrogens is 1. The number of rotatable bonds is 3. The van der Waals surface area contributed by atoms with Gasteiger partial charge in [0.15, 0.2) is 5.11 Å². The third kappa shape index (κ3) is 5.19. The fraction of sp³-hybridized carbons (Fsp3) is 0.0714. The highest BCUT2D eigenvalue weighted by Crippen LogP contribution is 2.33. The molecule has 0 aliphatic carbocycles. The summed E-state index contributed by atoms with van der Waals surface area (Å²) in [6.07, 6.45) is 0.210. The van der Waals surface area contributed by atoms with Gasteiger partial charge in [-0.3, -0.25) is 10.4 Å². The second-order valence-electron chi connectivity index (χ2n) is 4.30. The molecule has 2 aromatic rings. The van der Waals surface area contributed by atoms with Gasteiger partial charge in [-0.25, -0.2) is 0 Å². The fourth-order valence-corrected chi connectivity index (χ4v) is 1.89. The molecule has 0 atom stereocenters. The number of anilines is 1. The maximum absolute atomic E-state index is 12.7. The first-order valence-electron chi connectivity index (χ1n) is 6.23. The van der Waals surface area contributed by atoms with E-state index in [-0.39, 0.29) is 15.8 Å². The monoisotopic (exact) mass is 358 g/mol. The number of nitrogens with zero attached hydrogens (tertiary/aromatic N) is 2. The molecule has 9 heteroatoms. The Balaban J connectivity index is 2.01. The molecule has 1 aromatic heterocycles. The molecule has 0 fully saturated rings. The van der Waals surface area contributed by atoms with Crippen LogP contribution in [0.2, 0.25) is 5.02 Å². The first-order chi connectivity index (χ1) is 10.9. The predicted octanol–water partition coefficient (Wildman–Crippen LogP) is 4.07. The number of alkyl halides is 3. The number of benzene rings is 1. The average Bonchev–Trinajstić information content (AvgIpc) is 2.49. The van der Waals surface area contributed by atoms with Crippen molar-refractivity contribution in [1.82, 2.24) is 10.4 Å². The van der Waals surface area contributed by atoms with Crippen molar-refractivity contribution < 1.29 is 13.2 Å². The smallest absolute Gasteiger partial charge is 0.330 e. The van der Waals surface area contributed by atoms with Gasteiger partial charge < -0.3 is 5.32 Å². The van der Waals surface area contributed by atoms with E-state index in [0.29, 0.717) is 0 Å². The second-order valence-corrected chi connectivity index (χ2v) is 5.12. The van der Waals surface area contributed by atoms with Crippen molar-refractivity contribution in [3.05, 3.63) is 58.9 Å². The molecule has 1 aromatic carbocycles. The molecule has 0 saturated carbocycles. The summed E-state index contributed by atoms with van der Waals surface area (Å²) in [6.45, 7) is 0. The van der Waals surface area contributed by atoms with Crippen LogP contribution in [0, 0.1) is 0 Å². The fourth-order valence-electron chi connectivity index (χ4n) is 1.57. The van der Waals surface area contributed by atoms with Gasteiger partial charge in [-0.1, -0.05) is 17.7 Å². The van der Waals surface area contributed by atoms with Gasteiger partial charge in [0.25, 0.3) is 0 Å². The van der Waals surface area contributed by atoms with Gasteiger partial charge in [-0.2, -0.15) is 18.3 Å². The molecule has 0 saturated heterocycles. The van der Waals surface area contributed by atoms with E-state index in [0.717, 1.165) is 23.8 Å². The number of hydrazone groups is 1. The van der Waals surface area contributed by atoms with Crippen LogP contribution >= 0.6 is 23.8 Å². The normalized spacial score (nSPS) is 11.5. The van der Waals surface area contributed by atoms with Crippen LogP contribution in [0.5, 0.6) is 0 Å². The zero-order valence-electron chi connectivity index (χ0n) is 11.4. The van der Waals surface area contributed by atoms with Gasteiger partial charge in [0.05, 0.1) is 22.5 Å². The van der Waals surface area contributed by atoms with E-state index in [2.05, 4.69) is 20.8 Å². The molecule has 4 nitrogen and oxygen atoms in total. The summed E-state index contributed by atoms with van der Waals surface area (Å²) in [6, 6.07) is 6.43. The van der Waals surface area contributed by atoms with Gasteiger partial charge >= 0.3 is 6.18 Å². The maximum Gasteiger partial charge on any atom is 0.416 e. The maximum atomic E-state index is 12.7. The number of nitrogens with one attached hydrogen (secondary N) is 2. The second kappa shape index (κ2) is 7.38. The SMILES string of the molecule is FC(F)(F)c1ccc(Cl)c(NC(=S)N/N=C\c2cccnc2)c1. The molecular weight excluding hydrogens is 349 g/mol. The molecule has 0 aliphatic rings. The van der Waals surface area contributed by atoms with Crippen molar-refractivity contribution >= 4 is 40.8 Å². The van der Waals surface area contributed by atoms with Gasteiger partial charge in [0.1, 0.15) is 0 Å². The highest BCUT2D eigenvalue weighted by atomic mass is 35.5. The van der Waals surface area contributed by atoms with Crippen molar-refractivity contribution in [2.75, 3.05) is 5.32 Å². The summed E-state index contributed by atoms with van der Waals surface area (Å²) >= 11 is 10.8. The lowest BCUT2D eigenvalue weighted by atomic mass is 10.2. The Morgan fingerprint density at radius 1 is 1.30 bits per heavy atom. The van der Waals surface area contributed by atoms with E-state index in [9.17, 15) is 13.2 Å². The Morgan fingerprint density at radius 2 is 2.09 bits per heavy atom. The lowest BCUT2D eigenvalue weighted by Gasteiger charge is -2.12. The molecule has 0 radical (unpaired) electrons. The minimum atomic E-state index is -4.46. The zero-order chi connectivity index (χ0) is 16.9. The lowest BCUT2D eigenvalue weighted by Crippen LogP contribution is -2.24. The first kappa shape index (κ1) is 17.2. The molecule has 0 aliphatic heterocycles. The Hall–Kier alpha value is -2.19. The van der Waals surface area contributed by atoms with E-state index in [4.69, 9.17) is 23.8 Å². The number of thiocarbonyl (C=S) groups is 1. The minimum absolute atomic E-state index is 0.00589. The Labute approximate surface area is 140 Å². The van der Waals surface area contributed by atoms with Crippen molar-refractivity contribution in [3.63, 3.8) is 0 Å². The highest BCUT2D eigenvalue weighted by Gasteiger charge is 2.31. The van der Waals surface area contributed by atoms with E-state index in [1.807, 2.05) is 0 Å². The van der Waals surface area contributed by atoms with Crippen LogP contribution in [-0.2, 0) is 6.18 Å². The standard InChI is InChI=1S/C14H10ClF3N4S/c15-11-4-3-10(14(16,17)18)6-12(11)21-13(23)22-20-8-9-2-1-5-19-7-9/h1-8H,(H2,21,22,23)/b20-8-. The Kier molecular flexibility index (Phi) is 5.51. The minimum Gasteiger partial charge on any atom is -0.330 e. The van der Waals surface area contributed by atoms with Crippen LogP contribution in [0.25, 0.3) is 0 Å². The molecule has 1 heterocycles. The zero-order valence-corrected chi connectivity index (χ0v) is 13.0. The van der Waals surface area contributed by atoms with Crippen molar-refractivity contribution in [3.8, 4) is 0 Å². The third-order valence-corrected chi connectivity index (χ3v) is 3.13. The van der Waals surface area contributed by atoms with Gasteiger partial charge in [0, 0.05) is 18.0 Å². The summed E-state index contributed by atoms with van der Waals surface area (Å²) in [5, 5.41) is 6.54. The number of halogens is 4. The topological polar surface area (TPSA) is 49.3 Å². The molecule has 2 N–H and O–H groups in total. The molecule has 2 rings (SSSR count). The summed E-state index contributed by atoms with van der Waals surface area (Å²) < 4.78 is 38.0. The van der Waals surface area contributed by atoms with Crippen LogP contribution < -0.4 is 10.7 Å². The van der Waals surface area contributed by atoms with Crippen molar-refractivity contribution in [2.45, 2.75) is 6.18 Å². The number of hydrogen-bond donors (Lipinski definition) is 2. The van der Waals surface area contributed by atoms with Crippen LogP contribution in [0.3, 0.4) is 0 Å². The quantitative estimate of drug-likeness (QED) is 0.493. The molecule has 0 spiro atoms. The molecule has 23 heavy (non-hydrogen) atoms. The Morgan fingerprint density at radius 3 is 2.74 bits per heavy atom. The third-order valence-electron chi connectivity index (χ3n) is 2.61. The summed E-state index contributed by atoms with van der Waals surface area (Å²) in [7, 11) is 0. The van der Waals surface area contributed by atoms with E-state index >= 15 is 0 Å². The van der Waals surface area contributed by atoms with E-state index < -0.39 is 11.7 Å². The van der Waals surface area contributed by atoms with Gasteiger partial charge in [0.2, 0.25) is 0 Å². The van der Waals surface area contributed by atoms with Crippen LogP contribution in [0.4, 0.5) is 18.9 Å². The van der Waals surface area contributed by atoms with Crippen LogP contribution in [0.1, 0.15) is 11.1 Å². The van der Waals surface area contributed by atoms with Crippen LogP contribution in [-0.4, -0.2) is 16.3 Å². The lowest BCUT2D eigenvalue weighted by molar-refractivity contribution is -0.137. The average molecular weight is 359 g/mol. The summed E-state index contributed by atoms with van der Waals surface area (Å²) in [5.74, 6) is 0. The summed E-state index contributed by atoms with van der Waals surface area (Å²) in [4.78, 5) is 3.90. The first-order valence-corrected chi connectivity index (χ1v) is 7.02. The molecular formula is C14H10ClF3N4S. The van der Waals surface area contributed by atoms with E-state index in [1.54, 1.807) is 24.5 Å². The largest absolute Gasteiger partial charge is 0.416 e. The highest BCUT2D eigenvalue weighted by molar-refractivity contribution is 7.80. The summed E-state index contributed by atoms with van der Waals surface area (Å²) in [5.41, 5.74) is 2.43. The molecule has 0 bridgehead atoms. The molecule has 0 unspecified atom stereocenters. The molecule has 120 valence electrons. The van der Waals surface area contributed by atoms with Crippen molar-refractivity contribution in [2.24, 2.45) is 5.10 Å². The predicted molar refractivity (Wildman–Crippen MR) is 87.6 cm³/mol. The Bertz CT molecular complexity index is 720. The van der Waals surface area contributed by atoms with E-state index in [1.165, 1.54) is 6.21 Å². The van der Waals surface area contributed by atoms with Crippen LogP contribution in [0.15, 0.2) is 47.8 Å². The molecule has 0 amide bonds. The van der Waals surface area contributed by atoms with Gasteiger partial charge in [-0.15, -0.1) is 0 Å². The number of hydrogen-bond acceptors (Lipinski definition) is 3. The van der Waals surface area contributed by atoms with Gasteiger partial charge in [-0.05, 0) is 36.5 Å². The number of pyridine rings is 1. The van der Waals surface area contributed by atoms with Crippen molar-refractivity contribution in [1.29, 1.82) is 0 Å².